The Labute approximate surface area is 105 Å². The van der Waals surface area contributed by atoms with Gasteiger partial charge in [0.1, 0.15) is 0 Å². The van der Waals surface area contributed by atoms with Gasteiger partial charge in [-0.1, -0.05) is 23.8 Å². The highest BCUT2D eigenvalue weighted by atomic mass is 127. The quantitative estimate of drug-likeness (QED) is 0.652. The molecule has 0 heterocycles. The van der Waals surface area contributed by atoms with E-state index in [9.17, 15) is 0 Å². The molecule has 1 aliphatic rings. The van der Waals surface area contributed by atoms with Gasteiger partial charge in [0.25, 0.3) is 0 Å². The smallest absolute Gasteiger partial charge is 0.0511 e. The molecule has 0 spiro atoms. The molecule has 0 saturated heterocycles. The van der Waals surface area contributed by atoms with Crippen molar-refractivity contribution in [2.24, 2.45) is 5.73 Å². The molecule has 0 aromatic heterocycles. The second-order valence-corrected chi connectivity index (χ2v) is 5.30. The van der Waals surface area contributed by atoms with Crippen molar-refractivity contribution in [1.29, 1.82) is 0 Å². The monoisotopic (exact) mass is 313 g/mol. The molecule has 2 heteroatoms. The molecular formula is C13H16IN. The summed E-state index contributed by atoms with van der Waals surface area (Å²) in [7, 11) is 0. The van der Waals surface area contributed by atoms with Crippen molar-refractivity contribution in [1.82, 2.24) is 0 Å². The van der Waals surface area contributed by atoms with Gasteiger partial charge in [-0.05, 0) is 66.0 Å². The summed E-state index contributed by atoms with van der Waals surface area (Å²) in [5.74, 6) is 0. The molecule has 2 N–H and O–H groups in total. The maximum absolute atomic E-state index is 6.27. The summed E-state index contributed by atoms with van der Waals surface area (Å²) in [6.45, 7) is 0. The fraction of sp³-hybridized carbons (Fsp3) is 0.385. The highest BCUT2D eigenvalue weighted by Gasteiger charge is 2.13. The van der Waals surface area contributed by atoms with Gasteiger partial charge in [0.05, 0.1) is 6.04 Å². The Kier molecular flexibility index (Phi) is 3.81. The van der Waals surface area contributed by atoms with Gasteiger partial charge in [-0.2, -0.15) is 0 Å². The van der Waals surface area contributed by atoms with Crippen LogP contribution in [-0.4, -0.2) is 0 Å². The summed E-state index contributed by atoms with van der Waals surface area (Å²) in [6.07, 6.45) is 7.32. The van der Waals surface area contributed by atoms with Gasteiger partial charge < -0.3 is 5.73 Å². The summed E-state index contributed by atoms with van der Waals surface area (Å²) in [5.41, 5.74) is 8.93. The number of allylic oxidation sites excluding steroid dienone is 1. The van der Waals surface area contributed by atoms with Crippen molar-refractivity contribution in [2.45, 2.75) is 31.7 Å². The average Bonchev–Trinajstić information content (AvgIpc) is 2.29. The molecule has 15 heavy (non-hydrogen) atoms. The third-order valence-corrected chi connectivity index (χ3v) is 3.60. The predicted molar refractivity (Wildman–Crippen MR) is 72.6 cm³/mol. The van der Waals surface area contributed by atoms with E-state index in [1.165, 1.54) is 40.4 Å². The lowest BCUT2D eigenvalue weighted by molar-refractivity contribution is 0.648. The summed E-state index contributed by atoms with van der Waals surface area (Å²) in [6, 6.07) is 8.61. The van der Waals surface area contributed by atoms with E-state index in [0.717, 1.165) is 0 Å². The van der Waals surface area contributed by atoms with Crippen LogP contribution in [0.2, 0.25) is 0 Å². The molecule has 0 amide bonds. The van der Waals surface area contributed by atoms with E-state index in [2.05, 4.69) is 52.9 Å². The molecule has 1 aliphatic carbocycles. The summed E-state index contributed by atoms with van der Waals surface area (Å²) >= 11 is 2.33. The standard InChI is InChI=1S/C13H16IN/c14-12-8-4-7-11(9-12)13(15)10-5-2-1-3-6-10/h4-5,7-9,13H,1-3,6,15H2. The summed E-state index contributed by atoms with van der Waals surface area (Å²) in [5, 5.41) is 0. The molecule has 0 bridgehead atoms. The number of nitrogens with two attached hydrogens (primary N) is 1. The highest BCUT2D eigenvalue weighted by Crippen LogP contribution is 2.28. The molecule has 0 radical (unpaired) electrons. The van der Waals surface area contributed by atoms with Crippen LogP contribution in [0.15, 0.2) is 35.9 Å². The summed E-state index contributed by atoms with van der Waals surface area (Å²) in [4.78, 5) is 0. The first-order chi connectivity index (χ1) is 7.27. The van der Waals surface area contributed by atoms with Gasteiger partial charge in [-0.25, -0.2) is 0 Å². The Morgan fingerprint density at radius 1 is 1.27 bits per heavy atom. The third-order valence-electron chi connectivity index (χ3n) is 2.93. The molecule has 1 aromatic rings. The second-order valence-electron chi connectivity index (χ2n) is 4.06. The first-order valence-corrected chi connectivity index (χ1v) is 6.55. The zero-order valence-corrected chi connectivity index (χ0v) is 10.9. The van der Waals surface area contributed by atoms with Crippen LogP contribution in [0, 0.1) is 3.57 Å². The van der Waals surface area contributed by atoms with Gasteiger partial charge in [0, 0.05) is 3.57 Å². The van der Waals surface area contributed by atoms with Crippen molar-refractivity contribution >= 4 is 22.6 Å². The Bertz CT molecular complexity index is 371. The lowest BCUT2D eigenvalue weighted by Crippen LogP contribution is -2.14. The van der Waals surface area contributed by atoms with Crippen molar-refractivity contribution in [3.05, 3.63) is 45.0 Å². The molecule has 2 rings (SSSR count). The third kappa shape index (κ3) is 2.82. The number of benzene rings is 1. The first kappa shape index (κ1) is 11.1. The van der Waals surface area contributed by atoms with Gasteiger partial charge in [0.15, 0.2) is 0 Å². The number of hydrogen-bond donors (Lipinski definition) is 1. The Hall–Kier alpha value is -0.350. The van der Waals surface area contributed by atoms with Gasteiger partial charge in [-0.15, -0.1) is 0 Å². The first-order valence-electron chi connectivity index (χ1n) is 5.47. The van der Waals surface area contributed by atoms with E-state index < -0.39 is 0 Å². The number of halogens is 1. The van der Waals surface area contributed by atoms with Crippen LogP contribution in [0.25, 0.3) is 0 Å². The van der Waals surface area contributed by atoms with Gasteiger partial charge in [-0.3, -0.25) is 0 Å². The minimum Gasteiger partial charge on any atom is -0.321 e. The van der Waals surface area contributed by atoms with E-state index in [1.54, 1.807) is 0 Å². The molecule has 1 aromatic carbocycles. The van der Waals surface area contributed by atoms with Gasteiger partial charge >= 0.3 is 0 Å². The molecule has 0 saturated carbocycles. The Balaban J connectivity index is 2.19. The maximum Gasteiger partial charge on any atom is 0.0511 e. The zero-order valence-electron chi connectivity index (χ0n) is 8.75. The van der Waals surface area contributed by atoms with Crippen molar-refractivity contribution in [3.63, 3.8) is 0 Å². The molecule has 0 aliphatic heterocycles. The van der Waals surface area contributed by atoms with Crippen LogP contribution in [0.5, 0.6) is 0 Å². The second kappa shape index (κ2) is 5.12. The van der Waals surface area contributed by atoms with Crippen LogP contribution in [0.4, 0.5) is 0 Å². The van der Waals surface area contributed by atoms with Gasteiger partial charge in [0.2, 0.25) is 0 Å². The molecular weight excluding hydrogens is 297 g/mol. The zero-order chi connectivity index (χ0) is 10.7. The molecule has 0 fully saturated rings. The van der Waals surface area contributed by atoms with E-state index in [0.29, 0.717) is 0 Å². The fourth-order valence-corrected chi connectivity index (χ4v) is 2.63. The van der Waals surface area contributed by atoms with Crippen molar-refractivity contribution in [3.8, 4) is 0 Å². The Morgan fingerprint density at radius 3 is 2.80 bits per heavy atom. The molecule has 1 unspecified atom stereocenters. The fourth-order valence-electron chi connectivity index (χ4n) is 2.06. The van der Waals surface area contributed by atoms with Crippen molar-refractivity contribution < 1.29 is 0 Å². The number of rotatable bonds is 2. The molecule has 80 valence electrons. The normalized spacial score (nSPS) is 18.4. The lowest BCUT2D eigenvalue weighted by Gasteiger charge is -2.20. The maximum atomic E-state index is 6.27. The minimum atomic E-state index is 0.111. The van der Waals surface area contributed by atoms with E-state index in [4.69, 9.17) is 5.73 Å². The predicted octanol–water partition coefficient (Wildman–Crippen LogP) is 3.79. The highest BCUT2D eigenvalue weighted by molar-refractivity contribution is 14.1. The topological polar surface area (TPSA) is 26.0 Å². The lowest BCUT2D eigenvalue weighted by atomic mass is 9.90. The summed E-state index contributed by atoms with van der Waals surface area (Å²) < 4.78 is 1.26. The Morgan fingerprint density at radius 2 is 2.13 bits per heavy atom. The van der Waals surface area contributed by atoms with E-state index >= 15 is 0 Å². The SMILES string of the molecule is NC(C1=CCCCC1)c1cccc(I)c1. The molecule has 1 atom stereocenters. The minimum absolute atomic E-state index is 0.111. The van der Waals surface area contributed by atoms with Crippen LogP contribution in [0.3, 0.4) is 0 Å². The van der Waals surface area contributed by atoms with Crippen LogP contribution < -0.4 is 5.73 Å². The van der Waals surface area contributed by atoms with Crippen LogP contribution in [0.1, 0.15) is 37.3 Å². The number of hydrogen-bond acceptors (Lipinski definition) is 1. The molecule has 1 nitrogen and oxygen atoms in total. The van der Waals surface area contributed by atoms with E-state index in [-0.39, 0.29) is 6.04 Å². The van der Waals surface area contributed by atoms with Crippen LogP contribution >= 0.6 is 22.6 Å². The van der Waals surface area contributed by atoms with E-state index in [1.807, 2.05) is 0 Å². The largest absolute Gasteiger partial charge is 0.321 e. The average molecular weight is 313 g/mol. The van der Waals surface area contributed by atoms with Crippen LogP contribution in [-0.2, 0) is 0 Å². The van der Waals surface area contributed by atoms with Crippen molar-refractivity contribution in [2.75, 3.05) is 0 Å².